The molecule has 31 heavy (non-hydrogen) atoms. The van der Waals surface area contributed by atoms with Crippen molar-refractivity contribution >= 4 is 17.7 Å². The highest BCUT2D eigenvalue weighted by molar-refractivity contribution is 5.57. The summed E-state index contributed by atoms with van der Waals surface area (Å²) in [7, 11) is 1.74. The molecule has 164 valence electrons. The summed E-state index contributed by atoms with van der Waals surface area (Å²) in [6.07, 6.45) is 9.96. The first-order valence-electron chi connectivity index (χ1n) is 10.6. The normalized spacial score (nSPS) is 19.5. The number of methoxy groups -OCH3 is 1. The molecule has 0 spiro atoms. The molecule has 5 rings (SSSR count). The average molecular weight is 426 g/mol. The fraction of sp³-hybridized carbons (Fsp3) is 0.550. The van der Waals surface area contributed by atoms with Crippen LogP contribution in [0.15, 0.2) is 16.0 Å². The van der Waals surface area contributed by atoms with Crippen molar-refractivity contribution in [3.63, 3.8) is 0 Å². The summed E-state index contributed by atoms with van der Waals surface area (Å²) in [5.41, 5.74) is 0.906. The Hall–Kier alpha value is -3.21. The van der Waals surface area contributed by atoms with Crippen molar-refractivity contribution in [1.29, 1.82) is 0 Å². The quantitative estimate of drug-likeness (QED) is 0.418. The van der Waals surface area contributed by atoms with E-state index in [-0.39, 0.29) is 23.0 Å². The van der Waals surface area contributed by atoms with Crippen molar-refractivity contribution < 1.29 is 9.84 Å². The Morgan fingerprint density at radius 2 is 2.16 bits per heavy atom. The molecule has 4 N–H and O–H groups in total. The third-order valence-corrected chi connectivity index (χ3v) is 5.99. The van der Waals surface area contributed by atoms with Gasteiger partial charge in [-0.1, -0.05) is 12.8 Å². The second-order valence-corrected chi connectivity index (χ2v) is 8.52. The summed E-state index contributed by atoms with van der Waals surface area (Å²) in [5.74, 6) is 0.249. The zero-order chi connectivity index (χ0) is 21.4. The predicted octanol–water partition coefficient (Wildman–Crippen LogP) is 0.0758. The lowest BCUT2D eigenvalue weighted by molar-refractivity contribution is 0.0922. The van der Waals surface area contributed by atoms with Crippen LogP contribution in [0.2, 0.25) is 0 Å². The van der Waals surface area contributed by atoms with Crippen LogP contribution in [0.25, 0.3) is 11.7 Å². The smallest absolute Gasteiger partial charge is 0.326 e. The fourth-order valence-corrected chi connectivity index (χ4v) is 4.23. The first-order valence-corrected chi connectivity index (χ1v) is 10.6. The molecule has 0 bridgehead atoms. The van der Waals surface area contributed by atoms with Crippen molar-refractivity contribution in [3.8, 4) is 5.88 Å². The lowest BCUT2D eigenvalue weighted by Crippen LogP contribution is -2.33. The molecule has 11 nitrogen and oxygen atoms in total. The van der Waals surface area contributed by atoms with E-state index in [4.69, 9.17) is 9.73 Å². The van der Waals surface area contributed by atoms with Crippen LogP contribution in [-0.2, 0) is 4.74 Å². The zero-order valence-corrected chi connectivity index (χ0v) is 17.4. The Labute approximate surface area is 177 Å². The topological polar surface area (TPSA) is 146 Å². The van der Waals surface area contributed by atoms with E-state index in [9.17, 15) is 9.90 Å². The number of rotatable bonds is 7. The Balaban J connectivity index is 1.56. The molecule has 2 aliphatic rings. The van der Waals surface area contributed by atoms with Gasteiger partial charge in [-0.3, -0.25) is 4.98 Å². The van der Waals surface area contributed by atoms with Crippen LogP contribution < -0.4 is 21.8 Å². The number of aromatic nitrogens is 6. The number of nitrogens with zero attached hydrogens (tertiary/aromatic N) is 5. The van der Waals surface area contributed by atoms with Crippen LogP contribution in [-0.4, -0.2) is 61.0 Å². The highest BCUT2D eigenvalue weighted by Crippen LogP contribution is 2.38. The summed E-state index contributed by atoms with van der Waals surface area (Å²) in [4.78, 5) is 30.3. The summed E-state index contributed by atoms with van der Waals surface area (Å²) < 4.78 is 7.08. The molecule has 3 aromatic rings. The number of ether oxygens (including phenoxy) is 1. The summed E-state index contributed by atoms with van der Waals surface area (Å²) >= 11 is 0. The van der Waals surface area contributed by atoms with Gasteiger partial charge in [-0.25, -0.2) is 9.79 Å². The summed E-state index contributed by atoms with van der Waals surface area (Å²) in [6, 6.07) is 0.266. The minimum Gasteiger partial charge on any atom is -0.493 e. The lowest BCUT2D eigenvalue weighted by Gasteiger charge is -2.28. The molecule has 0 aliphatic heterocycles. The lowest BCUT2D eigenvalue weighted by atomic mass is 9.87. The van der Waals surface area contributed by atoms with E-state index in [2.05, 4.69) is 30.4 Å². The summed E-state index contributed by atoms with van der Waals surface area (Å²) in [5, 5.41) is 18.3. The van der Waals surface area contributed by atoms with Gasteiger partial charge >= 0.3 is 5.69 Å². The van der Waals surface area contributed by atoms with Crippen LogP contribution in [0, 0.1) is 5.41 Å². The Morgan fingerprint density at radius 1 is 1.35 bits per heavy atom. The molecule has 2 fully saturated rings. The SMILES string of the molecule is COCC1(CNc2nc(=NC3CC3)n3nc/c(=C/c4[nH]c(=O)[nH]c4O)c3n2)CCCC1. The van der Waals surface area contributed by atoms with Crippen LogP contribution in [0.1, 0.15) is 44.2 Å². The number of fused-ring (bicyclic) bond motifs is 1. The van der Waals surface area contributed by atoms with Crippen LogP contribution in [0.5, 0.6) is 5.88 Å². The molecule has 2 aliphatic carbocycles. The van der Waals surface area contributed by atoms with Gasteiger partial charge in [0.25, 0.3) is 5.62 Å². The zero-order valence-electron chi connectivity index (χ0n) is 17.4. The molecule has 0 aromatic carbocycles. The third kappa shape index (κ3) is 4.05. The van der Waals surface area contributed by atoms with Crippen LogP contribution in [0.3, 0.4) is 0 Å². The largest absolute Gasteiger partial charge is 0.493 e. The molecule has 0 atom stereocenters. The average Bonchev–Trinajstić information content (AvgIpc) is 3.14. The highest BCUT2D eigenvalue weighted by Gasteiger charge is 2.34. The number of hydrogen-bond donors (Lipinski definition) is 4. The number of imidazole rings is 1. The third-order valence-electron chi connectivity index (χ3n) is 5.99. The van der Waals surface area contributed by atoms with Gasteiger partial charge in [0.1, 0.15) is 5.69 Å². The number of aromatic hydroxyl groups is 1. The van der Waals surface area contributed by atoms with Crippen LogP contribution in [0.4, 0.5) is 5.95 Å². The second kappa shape index (κ2) is 7.80. The van der Waals surface area contributed by atoms with E-state index < -0.39 is 5.69 Å². The Morgan fingerprint density at radius 3 is 2.84 bits per heavy atom. The van der Waals surface area contributed by atoms with Gasteiger partial charge in [0, 0.05) is 24.3 Å². The van der Waals surface area contributed by atoms with Gasteiger partial charge in [-0.15, -0.1) is 0 Å². The van der Waals surface area contributed by atoms with Crippen molar-refractivity contribution in [1.82, 2.24) is 29.5 Å². The van der Waals surface area contributed by atoms with Crippen molar-refractivity contribution in [3.05, 3.63) is 33.2 Å². The highest BCUT2D eigenvalue weighted by atomic mass is 16.5. The number of hydrogen-bond acceptors (Lipinski definition) is 8. The molecule has 11 heteroatoms. The molecule has 3 aromatic heterocycles. The van der Waals surface area contributed by atoms with E-state index in [0.29, 0.717) is 29.0 Å². The van der Waals surface area contributed by atoms with E-state index >= 15 is 0 Å². The molecule has 3 heterocycles. The number of H-pyrrole nitrogens is 2. The maximum absolute atomic E-state index is 11.5. The van der Waals surface area contributed by atoms with Gasteiger partial charge < -0.3 is 20.1 Å². The first-order chi connectivity index (χ1) is 15.0. The molecule has 2 saturated carbocycles. The minimum absolute atomic E-state index is 0.0869. The second-order valence-electron chi connectivity index (χ2n) is 8.52. The maximum Gasteiger partial charge on any atom is 0.326 e. The predicted molar refractivity (Wildman–Crippen MR) is 112 cm³/mol. The van der Waals surface area contributed by atoms with Gasteiger partial charge in [-0.05, 0) is 31.8 Å². The van der Waals surface area contributed by atoms with Crippen molar-refractivity contribution in [2.75, 3.05) is 25.6 Å². The van der Waals surface area contributed by atoms with E-state index in [1.807, 2.05) is 0 Å². The molecule has 0 saturated heterocycles. The maximum atomic E-state index is 11.5. The first kappa shape index (κ1) is 19.7. The summed E-state index contributed by atoms with van der Waals surface area (Å²) in [6.45, 7) is 1.42. The molecule has 0 radical (unpaired) electrons. The molecular formula is C20H26N8O3. The number of nitrogens with one attached hydrogen (secondary N) is 3. The molecular weight excluding hydrogens is 400 g/mol. The number of aromatic amines is 2. The monoisotopic (exact) mass is 426 g/mol. The fourth-order valence-electron chi connectivity index (χ4n) is 4.23. The molecule has 0 unspecified atom stereocenters. The minimum atomic E-state index is -0.485. The van der Waals surface area contributed by atoms with Gasteiger partial charge in [0.15, 0.2) is 5.65 Å². The Kier molecular flexibility index (Phi) is 4.97. The Bertz CT molecular complexity index is 1260. The van der Waals surface area contributed by atoms with E-state index in [1.165, 1.54) is 12.8 Å². The van der Waals surface area contributed by atoms with E-state index in [0.717, 1.165) is 32.2 Å². The standard InChI is InChI=1S/C20H26N8O3/c1-31-11-20(6-2-3-7-20)10-21-17-25-15-12(8-14-16(29)26-19(30)24-14)9-22-28(15)18(27-17)23-13-4-5-13/h8-9,13,29H,2-7,10-11H2,1H3,(H,21,23,27)(H2,24,26,30)/b12-8-. The number of anilines is 1. The molecule has 0 amide bonds. The van der Waals surface area contributed by atoms with Gasteiger partial charge in [0.05, 0.1) is 18.8 Å². The van der Waals surface area contributed by atoms with Crippen molar-refractivity contribution in [2.24, 2.45) is 10.4 Å². The van der Waals surface area contributed by atoms with Crippen molar-refractivity contribution in [2.45, 2.75) is 44.6 Å². The van der Waals surface area contributed by atoms with Crippen LogP contribution >= 0.6 is 0 Å². The van der Waals surface area contributed by atoms with E-state index in [1.54, 1.807) is 23.9 Å². The van der Waals surface area contributed by atoms with Gasteiger partial charge in [-0.2, -0.15) is 19.6 Å². The van der Waals surface area contributed by atoms with Gasteiger partial charge in [0.2, 0.25) is 11.8 Å².